The summed E-state index contributed by atoms with van der Waals surface area (Å²) in [6.45, 7) is 1.45. The summed E-state index contributed by atoms with van der Waals surface area (Å²) >= 11 is 0. The molecule has 0 aliphatic carbocycles. The smallest absolute Gasteiger partial charge is 0.357 e. The highest BCUT2D eigenvalue weighted by molar-refractivity contribution is 5.94. The Morgan fingerprint density at radius 3 is 2.25 bits per heavy atom. The van der Waals surface area contributed by atoms with Crippen molar-refractivity contribution >= 4 is 11.8 Å². The van der Waals surface area contributed by atoms with Crippen LogP contribution < -0.4 is 4.74 Å². The number of hydrogen-bond donors (Lipinski definition) is 0. The number of ketones is 1. The van der Waals surface area contributed by atoms with E-state index in [4.69, 9.17) is 9.47 Å². The zero-order valence-electron chi connectivity index (χ0n) is 17.8. The van der Waals surface area contributed by atoms with Crippen LogP contribution in [0.5, 0.6) is 5.75 Å². The summed E-state index contributed by atoms with van der Waals surface area (Å²) in [5, 5.41) is 4.64. The van der Waals surface area contributed by atoms with E-state index in [1.165, 1.54) is 14.0 Å². The van der Waals surface area contributed by atoms with Crippen molar-refractivity contribution in [2.45, 2.75) is 13.5 Å². The van der Waals surface area contributed by atoms with Gasteiger partial charge in [0, 0.05) is 16.7 Å². The Morgan fingerprint density at radius 1 is 0.906 bits per heavy atom. The molecule has 0 amide bonds. The third-order valence-corrected chi connectivity index (χ3v) is 5.03. The molecule has 4 rings (SSSR count). The Morgan fingerprint density at radius 2 is 1.59 bits per heavy atom. The number of carbonyl (C=O) groups excluding carboxylic acids is 2. The first-order chi connectivity index (χ1) is 15.6. The van der Waals surface area contributed by atoms with Gasteiger partial charge in [-0.15, -0.1) is 0 Å². The lowest BCUT2D eigenvalue weighted by Gasteiger charge is -2.11. The van der Waals surface area contributed by atoms with Gasteiger partial charge in [0.1, 0.15) is 12.4 Å². The number of Topliss-reactive ketones (excluding diaryl/α,β-unsaturated/α-hetero) is 1. The molecule has 3 aromatic carbocycles. The first-order valence-corrected chi connectivity index (χ1v) is 10.1. The van der Waals surface area contributed by atoms with Gasteiger partial charge >= 0.3 is 5.97 Å². The molecular formula is C26H22N2O4. The molecule has 0 radical (unpaired) electrons. The van der Waals surface area contributed by atoms with Crippen LogP contribution in [0.4, 0.5) is 0 Å². The average molecular weight is 426 g/mol. The maximum Gasteiger partial charge on any atom is 0.357 e. The second-order valence-electron chi connectivity index (χ2n) is 7.19. The lowest BCUT2D eigenvalue weighted by Crippen LogP contribution is -2.12. The van der Waals surface area contributed by atoms with Crippen molar-refractivity contribution in [2.24, 2.45) is 0 Å². The lowest BCUT2D eigenvalue weighted by molar-refractivity contribution is 0.0459. The molecular weight excluding hydrogens is 404 g/mol. The Bertz CT molecular complexity index is 1250. The van der Waals surface area contributed by atoms with Crippen molar-refractivity contribution in [2.75, 3.05) is 7.11 Å². The van der Waals surface area contributed by atoms with Crippen LogP contribution in [0.3, 0.4) is 0 Å². The van der Waals surface area contributed by atoms with E-state index < -0.39 is 5.97 Å². The van der Waals surface area contributed by atoms with E-state index in [0.717, 1.165) is 11.3 Å². The molecule has 6 nitrogen and oxygen atoms in total. The van der Waals surface area contributed by atoms with Gasteiger partial charge in [-0.05, 0) is 43.3 Å². The van der Waals surface area contributed by atoms with Gasteiger partial charge in [-0.3, -0.25) is 4.79 Å². The van der Waals surface area contributed by atoms with Crippen LogP contribution in [0, 0.1) is 0 Å². The van der Waals surface area contributed by atoms with E-state index in [9.17, 15) is 9.59 Å². The quantitative estimate of drug-likeness (QED) is 0.303. The molecule has 0 aliphatic rings. The summed E-state index contributed by atoms with van der Waals surface area (Å²) in [5.74, 6) is -0.0574. The topological polar surface area (TPSA) is 70.4 Å². The van der Waals surface area contributed by atoms with Gasteiger partial charge in [0.05, 0.1) is 18.5 Å². The third-order valence-electron chi connectivity index (χ3n) is 5.03. The van der Waals surface area contributed by atoms with Crippen molar-refractivity contribution in [1.82, 2.24) is 9.78 Å². The summed E-state index contributed by atoms with van der Waals surface area (Å²) in [4.78, 5) is 24.8. The molecule has 1 heterocycles. The van der Waals surface area contributed by atoms with Crippen molar-refractivity contribution in [3.63, 3.8) is 0 Å². The maximum atomic E-state index is 13.1. The first kappa shape index (κ1) is 21.1. The number of nitrogens with zero attached hydrogens (tertiary/aromatic N) is 2. The minimum Gasteiger partial charge on any atom is -0.496 e. The fourth-order valence-electron chi connectivity index (χ4n) is 3.37. The molecule has 0 bridgehead atoms. The number of rotatable bonds is 7. The van der Waals surface area contributed by atoms with Crippen LogP contribution in [0.1, 0.15) is 33.3 Å². The Balaban J connectivity index is 1.66. The highest BCUT2D eigenvalue weighted by Crippen LogP contribution is 2.24. The van der Waals surface area contributed by atoms with Crippen molar-refractivity contribution in [1.29, 1.82) is 0 Å². The third kappa shape index (κ3) is 4.44. The van der Waals surface area contributed by atoms with Gasteiger partial charge in [0.2, 0.25) is 0 Å². The molecule has 0 spiro atoms. The number of para-hydroxylation sites is 1. The van der Waals surface area contributed by atoms with E-state index in [0.29, 0.717) is 28.3 Å². The largest absolute Gasteiger partial charge is 0.496 e. The number of aromatic nitrogens is 2. The minimum atomic E-state index is -0.529. The molecule has 0 N–H and O–H groups in total. The number of esters is 1. The molecule has 0 unspecified atom stereocenters. The summed E-state index contributed by atoms with van der Waals surface area (Å²) in [6.07, 6.45) is 0. The van der Waals surface area contributed by atoms with Gasteiger partial charge in [-0.2, -0.15) is 5.10 Å². The van der Waals surface area contributed by atoms with Gasteiger partial charge in [0.25, 0.3) is 0 Å². The average Bonchev–Trinajstić information content (AvgIpc) is 3.29. The number of hydrogen-bond acceptors (Lipinski definition) is 5. The van der Waals surface area contributed by atoms with Crippen LogP contribution in [0.15, 0.2) is 84.9 Å². The molecule has 6 heteroatoms. The number of benzene rings is 3. The zero-order valence-corrected chi connectivity index (χ0v) is 17.8. The van der Waals surface area contributed by atoms with Crippen molar-refractivity contribution in [3.05, 3.63) is 102 Å². The second kappa shape index (κ2) is 9.31. The zero-order chi connectivity index (χ0) is 22.5. The Kier molecular flexibility index (Phi) is 6.12. The molecule has 4 aromatic rings. The highest BCUT2D eigenvalue weighted by Gasteiger charge is 2.20. The van der Waals surface area contributed by atoms with Gasteiger partial charge < -0.3 is 9.47 Å². The fraction of sp³-hybridized carbons (Fsp3) is 0.115. The summed E-state index contributed by atoms with van der Waals surface area (Å²) in [7, 11) is 1.53. The SMILES string of the molecule is COc1ccc(C(C)=O)cc1COC(=O)c1cc(-c2ccccc2)nn1-c1ccccc1. The van der Waals surface area contributed by atoms with Gasteiger partial charge in [-0.25, -0.2) is 9.48 Å². The van der Waals surface area contributed by atoms with Crippen LogP contribution in [-0.2, 0) is 11.3 Å². The van der Waals surface area contributed by atoms with Crippen molar-refractivity contribution in [3.8, 4) is 22.7 Å². The van der Waals surface area contributed by atoms with Crippen LogP contribution in [0.25, 0.3) is 16.9 Å². The Hall–Kier alpha value is -4.19. The highest BCUT2D eigenvalue weighted by atomic mass is 16.5. The van der Waals surface area contributed by atoms with Gasteiger partial charge in [-0.1, -0.05) is 48.5 Å². The van der Waals surface area contributed by atoms with Crippen molar-refractivity contribution < 1.29 is 19.1 Å². The van der Waals surface area contributed by atoms with Gasteiger partial charge in [0.15, 0.2) is 11.5 Å². The molecule has 0 saturated heterocycles. The number of ether oxygens (including phenoxy) is 2. The van der Waals surface area contributed by atoms with Crippen LogP contribution in [-0.4, -0.2) is 28.6 Å². The Labute approximate surface area is 186 Å². The summed E-state index contributed by atoms with van der Waals surface area (Å²) in [5.41, 5.74) is 3.75. The number of methoxy groups -OCH3 is 1. The summed E-state index contributed by atoms with van der Waals surface area (Å²) < 4.78 is 12.5. The van der Waals surface area contributed by atoms with E-state index in [1.807, 2.05) is 60.7 Å². The lowest BCUT2D eigenvalue weighted by atomic mass is 10.1. The standard InChI is InChI=1S/C26H22N2O4/c1-18(29)20-13-14-25(31-2)21(15-20)17-32-26(30)24-16-23(19-9-5-3-6-10-19)27-28(24)22-11-7-4-8-12-22/h3-16H,17H2,1-2H3. The summed E-state index contributed by atoms with van der Waals surface area (Å²) in [6, 6.07) is 25.8. The molecule has 160 valence electrons. The number of carbonyl (C=O) groups is 2. The van der Waals surface area contributed by atoms with Crippen LogP contribution in [0.2, 0.25) is 0 Å². The second-order valence-corrected chi connectivity index (χ2v) is 7.19. The van der Waals surface area contributed by atoms with Crippen LogP contribution >= 0.6 is 0 Å². The normalized spacial score (nSPS) is 10.6. The predicted molar refractivity (Wildman–Crippen MR) is 121 cm³/mol. The first-order valence-electron chi connectivity index (χ1n) is 10.1. The molecule has 1 aromatic heterocycles. The molecule has 0 fully saturated rings. The monoisotopic (exact) mass is 426 g/mol. The molecule has 0 saturated carbocycles. The fourth-order valence-corrected chi connectivity index (χ4v) is 3.37. The molecule has 0 aliphatic heterocycles. The predicted octanol–water partition coefficient (Wildman–Crippen LogP) is 5.11. The molecule has 0 atom stereocenters. The molecule has 32 heavy (non-hydrogen) atoms. The maximum absolute atomic E-state index is 13.1. The van der Waals surface area contributed by atoms with E-state index in [-0.39, 0.29) is 12.4 Å². The van der Waals surface area contributed by atoms with E-state index in [2.05, 4.69) is 5.10 Å². The minimum absolute atomic E-state index is 0.0379. The van der Waals surface area contributed by atoms with E-state index in [1.54, 1.807) is 28.9 Å². The van der Waals surface area contributed by atoms with E-state index >= 15 is 0 Å².